The van der Waals surface area contributed by atoms with E-state index < -0.39 is 0 Å². The highest BCUT2D eigenvalue weighted by atomic mass is 79.9. The van der Waals surface area contributed by atoms with Crippen LogP contribution in [0.4, 0.5) is 0 Å². The monoisotopic (exact) mass is 325 g/mol. The summed E-state index contributed by atoms with van der Waals surface area (Å²) in [7, 11) is 1.40. The van der Waals surface area contributed by atoms with E-state index in [-0.39, 0.29) is 5.97 Å². The summed E-state index contributed by atoms with van der Waals surface area (Å²) >= 11 is 3.52. The van der Waals surface area contributed by atoms with Crippen molar-refractivity contribution in [2.75, 3.05) is 7.11 Å². The van der Waals surface area contributed by atoms with E-state index in [0.29, 0.717) is 11.6 Å². The van der Waals surface area contributed by atoms with Gasteiger partial charge in [0.25, 0.3) is 0 Å². The predicted octanol–water partition coefficient (Wildman–Crippen LogP) is 3.66. The second kappa shape index (κ2) is 7.06. The topological polar surface area (TPSA) is 38.3 Å². The van der Waals surface area contributed by atoms with Gasteiger partial charge in [0.15, 0.2) is 0 Å². The first-order valence-corrected chi connectivity index (χ1v) is 7.60. The van der Waals surface area contributed by atoms with Gasteiger partial charge in [0.2, 0.25) is 0 Å². The maximum atomic E-state index is 11.4. The molecule has 0 heterocycles. The molecular weight excluding hydrogens is 306 g/mol. The molecule has 0 radical (unpaired) electrons. The van der Waals surface area contributed by atoms with Gasteiger partial charge in [-0.1, -0.05) is 41.3 Å². The predicted molar refractivity (Wildman–Crippen MR) is 79.2 cm³/mol. The lowest BCUT2D eigenvalue weighted by Gasteiger charge is -2.23. The van der Waals surface area contributed by atoms with E-state index in [9.17, 15) is 4.79 Å². The quantitative estimate of drug-likeness (QED) is 0.858. The summed E-state index contributed by atoms with van der Waals surface area (Å²) in [5.41, 5.74) is 1.76. The lowest BCUT2D eigenvalue weighted by Crippen LogP contribution is -2.30. The highest BCUT2D eigenvalue weighted by molar-refractivity contribution is 9.10. The smallest absolute Gasteiger partial charge is 0.337 e. The second-order valence-electron chi connectivity index (χ2n) is 5.01. The highest BCUT2D eigenvalue weighted by Crippen LogP contribution is 2.21. The van der Waals surface area contributed by atoms with Crippen molar-refractivity contribution in [1.29, 1.82) is 0 Å². The van der Waals surface area contributed by atoms with Gasteiger partial charge < -0.3 is 10.1 Å². The number of esters is 1. The van der Waals surface area contributed by atoms with Crippen molar-refractivity contribution in [3.63, 3.8) is 0 Å². The Labute approximate surface area is 122 Å². The van der Waals surface area contributed by atoms with Crippen LogP contribution >= 0.6 is 15.9 Å². The standard InChI is InChI=1S/C15H20BrNO2/c1-19-15(18)11-7-8-12(14(16)9-11)10-17-13-5-3-2-4-6-13/h7-9,13,17H,2-6,10H2,1H3. The number of methoxy groups -OCH3 is 1. The Balaban J connectivity index is 1.95. The highest BCUT2D eigenvalue weighted by Gasteiger charge is 2.13. The first kappa shape index (κ1) is 14.5. The number of benzene rings is 1. The molecule has 0 aliphatic heterocycles. The van der Waals surface area contributed by atoms with E-state index in [2.05, 4.69) is 21.2 Å². The third-order valence-electron chi connectivity index (χ3n) is 3.66. The van der Waals surface area contributed by atoms with Crippen molar-refractivity contribution >= 4 is 21.9 Å². The molecule has 0 bridgehead atoms. The first-order valence-electron chi connectivity index (χ1n) is 6.81. The zero-order valence-electron chi connectivity index (χ0n) is 11.2. The average molecular weight is 326 g/mol. The molecule has 19 heavy (non-hydrogen) atoms. The molecule has 1 aromatic rings. The Morgan fingerprint density at radius 2 is 2.11 bits per heavy atom. The number of hydrogen-bond donors (Lipinski definition) is 1. The third kappa shape index (κ3) is 4.05. The number of nitrogens with one attached hydrogen (secondary N) is 1. The minimum atomic E-state index is -0.299. The van der Waals surface area contributed by atoms with Crippen LogP contribution in [-0.4, -0.2) is 19.1 Å². The minimum Gasteiger partial charge on any atom is -0.465 e. The van der Waals surface area contributed by atoms with Gasteiger partial charge in [-0.15, -0.1) is 0 Å². The van der Waals surface area contributed by atoms with Gasteiger partial charge in [-0.25, -0.2) is 4.79 Å². The summed E-state index contributed by atoms with van der Waals surface area (Å²) in [5, 5.41) is 3.60. The largest absolute Gasteiger partial charge is 0.465 e. The molecule has 1 aromatic carbocycles. The summed E-state index contributed by atoms with van der Waals surface area (Å²) in [6.45, 7) is 0.840. The molecule has 0 unspecified atom stereocenters. The molecule has 1 aliphatic carbocycles. The minimum absolute atomic E-state index is 0.299. The maximum absolute atomic E-state index is 11.4. The average Bonchev–Trinajstić information content (AvgIpc) is 2.46. The van der Waals surface area contributed by atoms with E-state index in [1.54, 1.807) is 0 Å². The number of ether oxygens (including phenoxy) is 1. The molecule has 0 atom stereocenters. The van der Waals surface area contributed by atoms with Crippen molar-refractivity contribution < 1.29 is 9.53 Å². The second-order valence-corrected chi connectivity index (χ2v) is 5.87. The van der Waals surface area contributed by atoms with E-state index in [1.165, 1.54) is 44.8 Å². The van der Waals surface area contributed by atoms with E-state index >= 15 is 0 Å². The van der Waals surface area contributed by atoms with Crippen molar-refractivity contribution in [3.8, 4) is 0 Å². The number of carbonyl (C=O) groups excluding carboxylic acids is 1. The van der Waals surface area contributed by atoms with Gasteiger partial charge >= 0.3 is 5.97 Å². The van der Waals surface area contributed by atoms with Crippen LogP contribution in [-0.2, 0) is 11.3 Å². The SMILES string of the molecule is COC(=O)c1ccc(CNC2CCCCC2)c(Br)c1. The lowest BCUT2D eigenvalue weighted by molar-refractivity contribution is 0.0600. The van der Waals surface area contributed by atoms with Crippen LogP contribution in [0.3, 0.4) is 0 Å². The van der Waals surface area contributed by atoms with Gasteiger partial charge in [0.05, 0.1) is 12.7 Å². The normalized spacial score (nSPS) is 16.3. The van der Waals surface area contributed by atoms with Crippen LogP contribution in [0.1, 0.15) is 48.0 Å². The Morgan fingerprint density at radius 1 is 1.37 bits per heavy atom. The Morgan fingerprint density at radius 3 is 2.74 bits per heavy atom. The third-order valence-corrected chi connectivity index (χ3v) is 4.40. The van der Waals surface area contributed by atoms with Gasteiger partial charge in [0.1, 0.15) is 0 Å². The number of hydrogen-bond acceptors (Lipinski definition) is 3. The fourth-order valence-electron chi connectivity index (χ4n) is 2.50. The van der Waals surface area contributed by atoms with E-state index in [4.69, 9.17) is 4.74 Å². The number of halogens is 1. The van der Waals surface area contributed by atoms with Crippen LogP contribution in [0.2, 0.25) is 0 Å². The molecule has 0 saturated heterocycles. The molecule has 2 rings (SSSR count). The Kier molecular flexibility index (Phi) is 5.40. The maximum Gasteiger partial charge on any atom is 0.337 e. The van der Waals surface area contributed by atoms with E-state index in [1.807, 2.05) is 18.2 Å². The number of carbonyl (C=O) groups is 1. The Hall–Kier alpha value is -0.870. The molecule has 0 aromatic heterocycles. The van der Waals surface area contributed by atoms with Gasteiger partial charge in [-0.05, 0) is 30.5 Å². The fraction of sp³-hybridized carbons (Fsp3) is 0.533. The fourth-order valence-corrected chi connectivity index (χ4v) is 3.02. The van der Waals surface area contributed by atoms with Crippen LogP contribution in [0.15, 0.2) is 22.7 Å². The Bertz CT molecular complexity index is 442. The summed E-state index contributed by atoms with van der Waals surface area (Å²) in [6, 6.07) is 6.26. The van der Waals surface area contributed by atoms with Gasteiger partial charge in [-0.3, -0.25) is 0 Å². The van der Waals surface area contributed by atoms with Crippen molar-refractivity contribution in [2.24, 2.45) is 0 Å². The molecule has 0 spiro atoms. The van der Waals surface area contributed by atoms with Gasteiger partial charge in [0, 0.05) is 17.1 Å². The zero-order valence-corrected chi connectivity index (χ0v) is 12.8. The van der Waals surface area contributed by atoms with Crippen LogP contribution in [0.5, 0.6) is 0 Å². The molecule has 1 saturated carbocycles. The van der Waals surface area contributed by atoms with Crippen LogP contribution in [0.25, 0.3) is 0 Å². The summed E-state index contributed by atoms with van der Waals surface area (Å²) < 4.78 is 5.67. The van der Waals surface area contributed by atoms with Crippen molar-refractivity contribution in [2.45, 2.75) is 44.7 Å². The lowest BCUT2D eigenvalue weighted by atomic mass is 9.95. The van der Waals surface area contributed by atoms with Crippen LogP contribution < -0.4 is 5.32 Å². The van der Waals surface area contributed by atoms with E-state index in [0.717, 1.165) is 11.0 Å². The molecule has 1 aliphatic rings. The molecule has 3 nitrogen and oxygen atoms in total. The summed E-state index contributed by atoms with van der Waals surface area (Å²) in [5.74, 6) is -0.299. The number of rotatable bonds is 4. The molecule has 0 amide bonds. The van der Waals surface area contributed by atoms with Crippen molar-refractivity contribution in [3.05, 3.63) is 33.8 Å². The van der Waals surface area contributed by atoms with Crippen molar-refractivity contribution in [1.82, 2.24) is 5.32 Å². The molecule has 1 N–H and O–H groups in total. The molecular formula is C15H20BrNO2. The molecule has 104 valence electrons. The molecule has 4 heteroatoms. The zero-order chi connectivity index (χ0) is 13.7. The first-order chi connectivity index (χ1) is 9.20. The summed E-state index contributed by atoms with van der Waals surface area (Å²) in [4.78, 5) is 11.4. The molecule has 1 fully saturated rings. The summed E-state index contributed by atoms with van der Waals surface area (Å²) in [6.07, 6.45) is 6.59. The van der Waals surface area contributed by atoms with Gasteiger partial charge in [-0.2, -0.15) is 0 Å². The van der Waals surface area contributed by atoms with Crippen LogP contribution in [0, 0.1) is 0 Å².